The molecule has 1 aliphatic rings. The average Bonchev–Trinajstić information content (AvgIpc) is 2.91. The third kappa shape index (κ3) is 3.70. The minimum Gasteiger partial charge on any atom is -0.195 e. The third-order valence-corrected chi connectivity index (χ3v) is 6.47. The van der Waals surface area contributed by atoms with Crippen molar-refractivity contribution >= 4 is 33.1 Å². The van der Waals surface area contributed by atoms with Crippen LogP contribution in [0.3, 0.4) is 0 Å². The van der Waals surface area contributed by atoms with E-state index in [1.54, 1.807) is 22.7 Å². The van der Waals surface area contributed by atoms with Gasteiger partial charge in [0.2, 0.25) is 0 Å². The zero-order chi connectivity index (χ0) is 13.9. The quantitative estimate of drug-likeness (QED) is 0.781. The molecule has 0 saturated carbocycles. The van der Waals surface area contributed by atoms with Crippen molar-refractivity contribution in [3.8, 4) is 0 Å². The number of thiophene rings is 1. The van der Waals surface area contributed by atoms with E-state index in [-0.39, 0.29) is 5.92 Å². The highest BCUT2D eigenvalue weighted by atomic mass is 35.5. The average molecular weight is 323 g/mol. The molecule has 108 valence electrons. The van der Waals surface area contributed by atoms with Crippen LogP contribution in [0.2, 0.25) is 0 Å². The van der Waals surface area contributed by atoms with Gasteiger partial charge in [0.05, 0.1) is 0 Å². The molecule has 1 aromatic rings. The number of hydrogen-bond donors (Lipinski definition) is 0. The zero-order valence-corrected chi connectivity index (χ0v) is 13.3. The Kier molecular flexibility index (Phi) is 5.25. The van der Waals surface area contributed by atoms with Crippen LogP contribution < -0.4 is 0 Å². The Morgan fingerprint density at radius 2 is 2.37 bits per heavy atom. The lowest BCUT2D eigenvalue weighted by atomic mass is 10.0. The van der Waals surface area contributed by atoms with Gasteiger partial charge in [-0.15, -0.1) is 11.6 Å². The summed E-state index contributed by atoms with van der Waals surface area (Å²) in [4.78, 5) is 0. The minimum atomic E-state index is -3.37. The van der Waals surface area contributed by atoms with Gasteiger partial charge in [-0.1, -0.05) is 0 Å². The molecule has 0 aromatic carbocycles. The number of nitrogens with zero attached hydrogens (tertiary/aromatic N) is 2. The monoisotopic (exact) mass is 322 g/mol. The fourth-order valence-electron chi connectivity index (χ4n) is 2.28. The smallest absolute Gasteiger partial charge is 0.195 e. The summed E-state index contributed by atoms with van der Waals surface area (Å²) < 4.78 is 28.0. The van der Waals surface area contributed by atoms with Crippen molar-refractivity contribution in [3.63, 3.8) is 0 Å². The fourth-order valence-corrected chi connectivity index (χ4v) is 4.66. The molecule has 19 heavy (non-hydrogen) atoms. The van der Waals surface area contributed by atoms with Crippen LogP contribution in [0.5, 0.6) is 0 Å². The summed E-state index contributed by atoms with van der Waals surface area (Å²) in [5.74, 6) is 0.806. The minimum absolute atomic E-state index is 0.278. The molecular weight excluding hydrogens is 304 g/mol. The van der Waals surface area contributed by atoms with Crippen LogP contribution in [-0.2, 0) is 16.8 Å². The molecule has 7 heteroatoms. The molecule has 0 N–H and O–H groups in total. The molecule has 1 aromatic heterocycles. The molecule has 1 aliphatic heterocycles. The summed E-state index contributed by atoms with van der Waals surface area (Å²) in [6.45, 7) is 1.57. The normalized spacial score (nSPS) is 21.9. The second-order valence-corrected chi connectivity index (χ2v) is 8.04. The lowest BCUT2D eigenvalue weighted by molar-refractivity contribution is 0.265. The van der Waals surface area contributed by atoms with E-state index in [9.17, 15) is 8.42 Å². The van der Waals surface area contributed by atoms with E-state index in [0.717, 1.165) is 18.4 Å². The number of halogens is 1. The van der Waals surface area contributed by atoms with Crippen LogP contribution in [0.25, 0.3) is 0 Å². The summed E-state index contributed by atoms with van der Waals surface area (Å²) in [6.07, 6.45) is 1.91. The van der Waals surface area contributed by atoms with E-state index in [1.165, 1.54) is 4.31 Å². The van der Waals surface area contributed by atoms with Crippen molar-refractivity contribution in [1.82, 2.24) is 8.61 Å². The maximum atomic E-state index is 12.5. The predicted octanol–water partition coefficient (Wildman–Crippen LogP) is 2.38. The first-order valence-corrected chi connectivity index (χ1v) is 9.20. The van der Waals surface area contributed by atoms with Crippen LogP contribution >= 0.6 is 22.9 Å². The van der Waals surface area contributed by atoms with Gasteiger partial charge < -0.3 is 0 Å². The largest absolute Gasteiger partial charge is 0.282 e. The molecule has 1 fully saturated rings. The van der Waals surface area contributed by atoms with Gasteiger partial charge in [-0.25, -0.2) is 0 Å². The lowest BCUT2D eigenvalue weighted by Gasteiger charge is -2.33. The van der Waals surface area contributed by atoms with E-state index >= 15 is 0 Å². The SMILES string of the molecule is CN(Cc1ccsc1)S(=O)(=O)N1CCCC(CCl)C1. The Morgan fingerprint density at radius 3 is 3.00 bits per heavy atom. The number of hydrogen-bond acceptors (Lipinski definition) is 3. The van der Waals surface area contributed by atoms with Crippen LogP contribution in [-0.4, -0.2) is 43.0 Å². The van der Waals surface area contributed by atoms with E-state index in [4.69, 9.17) is 11.6 Å². The Morgan fingerprint density at radius 1 is 1.58 bits per heavy atom. The molecule has 2 rings (SSSR count). The third-order valence-electron chi connectivity index (χ3n) is 3.41. The summed E-state index contributed by atoms with van der Waals surface area (Å²) in [6, 6.07) is 1.95. The fraction of sp³-hybridized carbons (Fsp3) is 0.667. The molecule has 4 nitrogen and oxygen atoms in total. The molecular formula is C12H19ClN2O2S2. The molecule has 0 spiro atoms. The predicted molar refractivity (Wildman–Crippen MR) is 79.7 cm³/mol. The molecule has 1 atom stereocenters. The number of rotatable bonds is 5. The second-order valence-electron chi connectivity index (χ2n) is 4.92. The highest BCUT2D eigenvalue weighted by Gasteiger charge is 2.31. The van der Waals surface area contributed by atoms with Gasteiger partial charge in [-0.3, -0.25) is 0 Å². The Balaban J connectivity index is 2.04. The first kappa shape index (κ1) is 15.3. The van der Waals surface area contributed by atoms with Gasteiger partial charge in [0, 0.05) is 32.6 Å². The van der Waals surface area contributed by atoms with Gasteiger partial charge in [-0.2, -0.15) is 28.4 Å². The molecule has 1 unspecified atom stereocenters. The first-order valence-electron chi connectivity index (χ1n) is 6.32. The van der Waals surface area contributed by atoms with Crippen molar-refractivity contribution in [2.24, 2.45) is 5.92 Å². The summed E-state index contributed by atoms with van der Waals surface area (Å²) in [5.41, 5.74) is 1.03. The van der Waals surface area contributed by atoms with Crippen LogP contribution in [0.4, 0.5) is 0 Å². The van der Waals surface area contributed by atoms with Gasteiger partial charge in [0.15, 0.2) is 0 Å². The number of piperidine rings is 1. The van der Waals surface area contributed by atoms with Gasteiger partial charge in [0.1, 0.15) is 0 Å². The summed E-state index contributed by atoms with van der Waals surface area (Å²) >= 11 is 7.44. The lowest BCUT2D eigenvalue weighted by Crippen LogP contribution is -2.46. The van der Waals surface area contributed by atoms with Crippen LogP contribution in [0.15, 0.2) is 16.8 Å². The van der Waals surface area contributed by atoms with Gasteiger partial charge >= 0.3 is 0 Å². The zero-order valence-electron chi connectivity index (χ0n) is 11.0. The molecule has 2 heterocycles. The van der Waals surface area contributed by atoms with Gasteiger partial charge in [0.25, 0.3) is 10.2 Å². The highest BCUT2D eigenvalue weighted by molar-refractivity contribution is 7.86. The van der Waals surface area contributed by atoms with E-state index in [1.807, 2.05) is 16.8 Å². The van der Waals surface area contributed by atoms with Crippen molar-refractivity contribution in [2.75, 3.05) is 26.0 Å². The summed E-state index contributed by atoms with van der Waals surface area (Å²) in [7, 11) is -1.73. The van der Waals surface area contributed by atoms with Crippen molar-refractivity contribution in [2.45, 2.75) is 19.4 Å². The van der Waals surface area contributed by atoms with E-state index < -0.39 is 10.2 Å². The molecule has 0 amide bonds. The number of alkyl halides is 1. The molecule has 0 bridgehead atoms. The maximum Gasteiger partial charge on any atom is 0.282 e. The van der Waals surface area contributed by atoms with Gasteiger partial charge in [-0.05, 0) is 41.1 Å². The maximum absolute atomic E-state index is 12.5. The van der Waals surface area contributed by atoms with Crippen LogP contribution in [0.1, 0.15) is 18.4 Å². The molecule has 0 aliphatic carbocycles. The van der Waals surface area contributed by atoms with Crippen molar-refractivity contribution in [3.05, 3.63) is 22.4 Å². The van der Waals surface area contributed by atoms with Crippen molar-refractivity contribution < 1.29 is 8.42 Å². The molecule has 1 saturated heterocycles. The Bertz CT molecular complexity index is 490. The van der Waals surface area contributed by atoms with Crippen LogP contribution in [0, 0.1) is 5.92 Å². The topological polar surface area (TPSA) is 40.6 Å². The summed E-state index contributed by atoms with van der Waals surface area (Å²) in [5, 5.41) is 3.93. The Labute approximate surface area is 124 Å². The second kappa shape index (κ2) is 6.54. The first-order chi connectivity index (χ1) is 9.04. The Hall–Kier alpha value is -0.140. The highest BCUT2D eigenvalue weighted by Crippen LogP contribution is 2.22. The standard InChI is InChI=1S/C12H19ClN2O2S2/c1-14(8-12-4-6-18-10-12)19(16,17)15-5-2-3-11(7-13)9-15/h4,6,10-11H,2-3,5,7-9H2,1H3. The van der Waals surface area contributed by atoms with E-state index in [2.05, 4.69) is 0 Å². The molecule has 0 radical (unpaired) electrons. The van der Waals surface area contributed by atoms with Crippen molar-refractivity contribution in [1.29, 1.82) is 0 Å². The van der Waals surface area contributed by atoms with E-state index in [0.29, 0.717) is 25.5 Å².